The molecule has 38 heavy (non-hydrogen) atoms. The number of allylic oxidation sites excluding steroid dienone is 1. The van der Waals surface area contributed by atoms with Crippen LogP contribution < -0.4 is 23.8 Å². The average Bonchev–Trinajstić information content (AvgIpc) is 2.90. The number of hydrogen-bond acceptors (Lipinski definition) is 6. The zero-order chi connectivity index (χ0) is 27.4. The van der Waals surface area contributed by atoms with Crippen molar-refractivity contribution in [1.82, 2.24) is 5.32 Å². The fourth-order valence-corrected chi connectivity index (χ4v) is 5.98. The fraction of sp³-hybridized carbons (Fsp3) is 0.222. The number of fused-ring (bicyclic) bond motifs is 1. The molecule has 1 heterocycles. The van der Waals surface area contributed by atoms with Crippen LogP contribution in [0.25, 0.3) is 5.57 Å². The third-order valence-corrected chi connectivity index (χ3v) is 8.18. The first-order valence-corrected chi connectivity index (χ1v) is 13.4. The summed E-state index contributed by atoms with van der Waals surface area (Å²) >= 11 is 5.87. The number of hydrogen-bond donors (Lipinski definition) is 1. The molecule has 3 aromatic carbocycles. The van der Waals surface area contributed by atoms with Crippen LogP contribution in [0.1, 0.15) is 18.1 Å². The maximum Gasteiger partial charge on any atom is 0.270 e. The molecule has 3 aromatic rings. The van der Waals surface area contributed by atoms with Gasteiger partial charge >= 0.3 is 0 Å². The Labute approximate surface area is 225 Å². The van der Waals surface area contributed by atoms with Crippen LogP contribution in [-0.2, 0) is 21.4 Å². The van der Waals surface area contributed by atoms with Crippen LogP contribution in [0.15, 0.2) is 65.6 Å². The van der Waals surface area contributed by atoms with Gasteiger partial charge in [0.1, 0.15) is 18.2 Å². The number of methoxy groups -OCH3 is 2. The van der Waals surface area contributed by atoms with Crippen LogP contribution in [0, 0.1) is 5.82 Å². The van der Waals surface area contributed by atoms with Gasteiger partial charge in [-0.15, -0.1) is 0 Å². The van der Waals surface area contributed by atoms with E-state index in [1.54, 1.807) is 43.3 Å². The van der Waals surface area contributed by atoms with E-state index in [0.717, 1.165) is 4.31 Å². The maximum atomic E-state index is 14.6. The van der Waals surface area contributed by atoms with Gasteiger partial charge in [-0.1, -0.05) is 29.8 Å². The molecule has 0 bridgehead atoms. The molecule has 1 N–H and O–H groups in total. The number of benzene rings is 3. The third kappa shape index (κ3) is 5.41. The molecular formula is C27H26ClFN2O6S. The molecule has 0 saturated carbocycles. The lowest BCUT2D eigenvalue weighted by Crippen LogP contribution is -2.41. The van der Waals surface area contributed by atoms with Crippen molar-refractivity contribution in [2.24, 2.45) is 0 Å². The summed E-state index contributed by atoms with van der Waals surface area (Å²) in [4.78, 5) is 12.8. The van der Waals surface area contributed by atoms with Crippen LogP contribution in [0.4, 0.5) is 10.1 Å². The van der Waals surface area contributed by atoms with Gasteiger partial charge in [0.15, 0.2) is 16.4 Å². The largest absolute Gasteiger partial charge is 0.493 e. The molecule has 0 fully saturated rings. The smallest absolute Gasteiger partial charge is 0.270 e. The quantitative estimate of drug-likeness (QED) is 0.379. The van der Waals surface area contributed by atoms with Crippen LogP contribution in [-0.4, -0.2) is 41.7 Å². The van der Waals surface area contributed by atoms with E-state index in [4.69, 9.17) is 25.8 Å². The topological polar surface area (TPSA) is 94.2 Å². The minimum atomic E-state index is -4.40. The van der Waals surface area contributed by atoms with Gasteiger partial charge in [0.2, 0.25) is 0 Å². The van der Waals surface area contributed by atoms with Gasteiger partial charge in [-0.2, -0.15) is 0 Å². The summed E-state index contributed by atoms with van der Waals surface area (Å²) < 4.78 is 59.6. The minimum absolute atomic E-state index is 0.0415. The summed E-state index contributed by atoms with van der Waals surface area (Å²) in [5, 5.41) is 3.17. The third-order valence-electron chi connectivity index (χ3n) is 6.01. The highest BCUT2D eigenvalue weighted by Gasteiger charge is 2.40. The first-order chi connectivity index (χ1) is 18.2. The molecule has 200 valence electrons. The van der Waals surface area contributed by atoms with Gasteiger partial charge in [-0.3, -0.25) is 9.10 Å². The van der Waals surface area contributed by atoms with Crippen molar-refractivity contribution in [3.05, 3.63) is 87.5 Å². The molecule has 4 rings (SSSR count). The van der Waals surface area contributed by atoms with Gasteiger partial charge in [0.25, 0.3) is 15.9 Å². The van der Waals surface area contributed by atoms with Crippen molar-refractivity contribution < 1.29 is 31.8 Å². The summed E-state index contributed by atoms with van der Waals surface area (Å²) in [6.07, 6.45) is 0. The van der Waals surface area contributed by atoms with E-state index in [-0.39, 0.29) is 36.5 Å². The number of nitrogens with one attached hydrogen (secondary N) is 1. The Morgan fingerprint density at radius 2 is 1.68 bits per heavy atom. The number of carbonyl (C=O) groups is 1. The normalized spacial score (nSPS) is 14.1. The molecular weight excluding hydrogens is 535 g/mol. The Balaban J connectivity index is 1.68. The van der Waals surface area contributed by atoms with Crippen LogP contribution in [0.3, 0.4) is 0 Å². The number of sulfonamides is 1. The second-order valence-corrected chi connectivity index (χ2v) is 10.6. The van der Waals surface area contributed by atoms with Crippen LogP contribution in [0.2, 0.25) is 5.02 Å². The van der Waals surface area contributed by atoms with Crippen LogP contribution in [0.5, 0.6) is 17.2 Å². The molecule has 11 heteroatoms. The van der Waals surface area contributed by atoms with E-state index in [1.807, 2.05) is 0 Å². The second-order valence-electron chi connectivity index (χ2n) is 8.34. The van der Waals surface area contributed by atoms with E-state index in [9.17, 15) is 17.6 Å². The van der Waals surface area contributed by atoms with Crippen molar-refractivity contribution in [1.29, 1.82) is 0 Å². The van der Waals surface area contributed by atoms with Crippen molar-refractivity contribution >= 4 is 38.8 Å². The van der Waals surface area contributed by atoms with E-state index in [0.29, 0.717) is 27.8 Å². The van der Waals surface area contributed by atoms with Gasteiger partial charge in [0.05, 0.1) is 33.0 Å². The molecule has 8 nitrogen and oxygen atoms in total. The number of anilines is 1. The predicted octanol–water partition coefficient (Wildman–Crippen LogP) is 4.77. The van der Waals surface area contributed by atoms with Crippen molar-refractivity contribution in [3.8, 4) is 17.2 Å². The number of ether oxygens (including phenoxy) is 3. The summed E-state index contributed by atoms with van der Waals surface area (Å²) in [6, 6.07) is 15.7. The summed E-state index contributed by atoms with van der Waals surface area (Å²) in [5.41, 5.74) is 1.05. The van der Waals surface area contributed by atoms with Crippen LogP contribution >= 0.6 is 11.6 Å². The van der Waals surface area contributed by atoms with Gasteiger partial charge in [-0.05, 0) is 48.9 Å². The summed E-state index contributed by atoms with van der Waals surface area (Å²) in [6.45, 7) is 1.35. The van der Waals surface area contributed by atoms with E-state index < -0.39 is 26.7 Å². The Bertz CT molecular complexity index is 1490. The number of amides is 1. The molecule has 0 aliphatic carbocycles. The lowest BCUT2D eigenvalue weighted by molar-refractivity contribution is -0.116. The highest BCUT2D eigenvalue weighted by molar-refractivity contribution is 7.97. The molecule has 0 aromatic heterocycles. The molecule has 0 saturated heterocycles. The fourth-order valence-electron chi connectivity index (χ4n) is 4.11. The Morgan fingerprint density at radius 3 is 2.34 bits per heavy atom. The number of rotatable bonds is 9. The molecule has 0 spiro atoms. The highest BCUT2D eigenvalue weighted by Crippen LogP contribution is 2.45. The molecule has 0 unspecified atom stereocenters. The molecule has 0 radical (unpaired) electrons. The SMILES string of the molecule is COc1cc2c(cc1OC)N(Cc1ccccc1F)S(=O)(=O)C(C(=O)NCCOc1ccc(Cl)cc1)=C2C. The second kappa shape index (κ2) is 11.3. The standard InChI is InChI=1S/C27H26ClFN2O6S/c1-17-21-14-24(35-2)25(36-3)15-23(21)31(16-18-6-4-5-7-22(18)29)38(33,34)26(17)27(32)30-12-13-37-20-10-8-19(28)9-11-20/h4-11,14-15H,12-13,16H2,1-3H3,(H,30,32). The Hall–Kier alpha value is -3.76. The zero-order valence-corrected chi connectivity index (χ0v) is 22.5. The maximum absolute atomic E-state index is 14.6. The van der Waals surface area contributed by atoms with Gasteiger partial charge in [-0.25, -0.2) is 12.8 Å². The predicted molar refractivity (Wildman–Crippen MR) is 144 cm³/mol. The monoisotopic (exact) mass is 560 g/mol. The summed E-state index contributed by atoms with van der Waals surface area (Å²) in [5.74, 6) is -0.176. The Morgan fingerprint density at radius 1 is 1.03 bits per heavy atom. The van der Waals surface area contributed by atoms with E-state index in [1.165, 1.54) is 38.5 Å². The lowest BCUT2D eigenvalue weighted by Gasteiger charge is -2.33. The number of carbonyl (C=O) groups excluding carboxylic acids is 1. The Kier molecular flexibility index (Phi) is 8.13. The highest BCUT2D eigenvalue weighted by atomic mass is 35.5. The molecule has 1 aliphatic rings. The van der Waals surface area contributed by atoms with Crippen molar-refractivity contribution in [3.63, 3.8) is 0 Å². The lowest BCUT2D eigenvalue weighted by atomic mass is 10.0. The zero-order valence-electron chi connectivity index (χ0n) is 21.0. The van der Waals surface area contributed by atoms with Crippen molar-refractivity contribution in [2.75, 3.05) is 31.7 Å². The van der Waals surface area contributed by atoms with Crippen molar-refractivity contribution in [2.45, 2.75) is 13.5 Å². The average molecular weight is 561 g/mol. The minimum Gasteiger partial charge on any atom is -0.493 e. The number of nitrogens with zero attached hydrogens (tertiary/aromatic N) is 1. The first kappa shape index (κ1) is 27.3. The molecule has 0 atom stereocenters. The van der Waals surface area contributed by atoms with Gasteiger partial charge < -0.3 is 19.5 Å². The van der Waals surface area contributed by atoms with E-state index >= 15 is 0 Å². The molecule has 1 amide bonds. The molecule has 1 aliphatic heterocycles. The summed E-state index contributed by atoms with van der Waals surface area (Å²) in [7, 11) is -1.52. The van der Waals surface area contributed by atoms with Gasteiger partial charge in [0, 0.05) is 22.2 Å². The number of halogens is 2. The van der Waals surface area contributed by atoms with E-state index in [2.05, 4.69) is 5.32 Å². The first-order valence-electron chi connectivity index (χ1n) is 11.6.